The van der Waals surface area contributed by atoms with Crippen molar-refractivity contribution >= 4 is 5.91 Å². The van der Waals surface area contributed by atoms with Gasteiger partial charge < -0.3 is 15.0 Å². The number of phenolic OH excluding ortho intramolecular Hbond substituents is 1. The van der Waals surface area contributed by atoms with Crippen molar-refractivity contribution in [1.29, 1.82) is 0 Å². The maximum Gasteiger partial charge on any atom is 0.224 e. The molecule has 0 bridgehead atoms. The zero-order chi connectivity index (χ0) is 13.0. The number of hydrogen-bond acceptors (Lipinski definition) is 4. The fourth-order valence-electron chi connectivity index (χ4n) is 1.54. The topological polar surface area (TPSA) is 80.0 Å². The first-order chi connectivity index (χ1) is 8.66. The van der Waals surface area contributed by atoms with Crippen molar-refractivity contribution in [1.82, 2.24) is 20.1 Å². The average molecular weight is 246 g/mol. The quantitative estimate of drug-likeness (QED) is 0.817. The van der Waals surface area contributed by atoms with Crippen molar-refractivity contribution in [2.45, 2.75) is 13.0 Å². The minimum absolute atomic E-state index is 0.131. The number of nitrogens with zero attached hydrogens (tertiary/aromatic N) is 3. The first kappa shape index (κ1) is 12.1. The number of aromatic nitrogens is 3. The van der Waals surface area contributed by atoms with Gasteiger partial charge in [0.15, 0.2) is 5.82 Å². The van der Waals surface area contributed by atoms with Crippen LogP contribution in [0.15, 0.2) is 30.6 Å². The second-order valence-electron chi connectivity index (χ2n) is 3.94. The highest BCUT2D eigenvalue weighted by Gasteiger charge is 2.08. The number of benzene rings is 1. The second kappa shape index (κ2) is 5.31. The van der Waals surface area contributed by atoms with Crippen LogP contribution in [0.1, 0.15) is 11.4 Å². The molecule has 1 heterocycles. The predicted octanol–water partition coefficient (Wildman–Crippen LogP) is 0.380. The summed E-state index contributed by atoms with van der Waals surface area (Å²) in [6.45, 7) is 0.322. The van der Waals surface area contributed by atoms with Crippen molar-refractivity contribution in [2.24, 2.45) is 7.05 Å². The van der Waals surface area contributed by atoms with Gasteiger partial charge in [-0.15, -0.1) is 10.2 Å². The molecule has 1 aromatic carbocycles. The largest absolute Gasteiger partial charge is 0.508 e. The van der Waals surface area contributed by atoms with Crippen molar-refractivity contribution in [3.63, 3.8) is 0 Å². The molecule has 0 unspecified atom stereocenters. The molecule has 2 aromatic rings. The molecule has 1 aromatic heterocycles. The van der Waals surface area contributed by atoms with Crippen molar-refractivity contribution in [3.05, 3.63) is 42.0 Å². The van der Waals surface area contributed by atoms with E-state index in [1.807, 2.05) is 7.05 Å². The van der Waals surface area contributed by atoms with E-state index in [0.717, 1.165) is 0 Å². The Hall–Kier alpha value is -2.37. The van der Waals surface area contributed by atoms with Gasteiger partial charge in [-0.3, -0.25) is 4.79 Å². The molecular weight excluding hydrogens is 232 g/mol. The number of hydrogen-bond donors (Lipinski definition) is 2. The number of carbonyl (C=O) groups is 1. The molecule has 6 heteroatoms. The second-order valence-corrected chi connectivity index (χ2v) is 3.94. The lowest BCUT2D eigenvalue weighted by atomic mass is 10.1. The molecule has 6 nitrogen and oxygen atoms in total. The molecule has 0 atom stereocenters. The van der Waals surface area contributed by atoms with Crippen LogP contribution in [0.25, 0.3) is 0 Å². The summed E-state index contributed by atoms with van der Waals surface area (Å²) in [6.07, 6.45) is 1.72. The van der Waals surface area contributed by atoms with Gasteiger partial charge in [0.25, 0.3) is 0 Å². The van der Waals surface area contributed by atoms with Crippen LogP contribution < -0.4 is 5.32 Å². The van der Waals surface area contributed by atoms with Crippen LogP contribution in [0.3, 0.4) is 0 Å². The molecule has 0 aliphatic heterocycles. The normalized spacial score (nSPS) is 10.3. The van der Waals surface area contributed by atoms with Crippen molar-refractivity contribution in [2.75, 3.05) is 0 Å². The van der Waals surface area contributed by atoms with Gasteiger partial charge in [0, 0.05) is 12.6 Å². The fourth-order valence-corrected chi connectivity index (χ4v) is 1.54. The Balaban J connectivity index is 1.90. The summed E-state index contributed by atoms with van der Waals surface area (Å²) in [5.74, 6) is 0.645. The predicted molar refractivity (Wildman–Crippen MR) is 64.7 cm³/mol. The van der Waals surface area contributed by atoms with Gasteiger partial charge in [-0.1, -0.05) is 18.2 Å². The molecule has 0 aliphatic rings. The lowest BCUT2D eigenvalue weighted by Crippen LogP contribution is -2.26. The Morgan fingerprint density at radius 1 is 1.44 bits per heavy atom. The number of phenols is 1. The van der Waals surface area contributed by atoms with E-state index in [1.165, 1.54) is 0 Å². The Morgan fingerprint density at radius 3 is 2.89 bits per heavy atom. The number of amides is 1. The van der Waals surface area contributed by atoms with Crippen LogP contribution in [0.5, 0.6) is 5.75 Å². The zero-order valence-electron chi connectivity index (χ0n) is 10.00. The minimum atomic E-state index is -0.167. The van der Waals surface area contributed by atoms with Crippen LogP contribution in [0, 0.1) is 0 Å². The molecule has 0 radical (unpaired) electrons. The molecule has 0 fully saturated rings. The maximum atomic E-state index is 11.7. The van der Waals surface area contributed by atoms with Gasteiger partial charge in [-0.05, 0) is 6.07 Å². The van der Waals surface area contributed by atoms with E-state index in [1.54, 1.807) is 35.2 Å². The van der Waals surface area contributed by atoms with Crippen molar-refractivity contribution in [3.8, 4) is 5.75 Å². The van der Waals surface area contributed by atoms with Crippen LogP contribution in [-0.4, -0.2) is 25.8 Å². The van der Waals surface area contributed by atoms with Crippen LogP contribution in [0.4, 0.5) is 0 Å². The lowest BCUT2D eigenvalue weighted by molar-refractivity contribution is -0.120. The van der Waals surface area contributed by atoms with E-state index < -0.39 is 0 Å². The van der Waals surface area contributed by atoms with E-state index in [9.17, 15) is 9.90 Å². The molecule has 2 N–H and O–H groups in total. The third-order valence-electron chi connectivity index (χ3n) is 2.59. The number of aromatic hydroxyl groups is 1. The van der Waals surface area contributed by atoms with E-state index in [0.29, 0.717) is 17.9 Å². The summed E-state index contributed by atoms with van der Waals surface area (Å²) < 4.78 is 1.74. The zero-order valence-corrected chi connectivity index (χ0v) is 10.00. The summed E-state index contributed by atoms with van der Waals surface area (Å²) in [7, 11) is 1.81. The van der Waals surface area contributed by atoms with E-state index in [4.69, 9.17) is 0 Å². The molecule has 2 rings (SSSR count). The molecule has 1 amide bonds. The summed E-state index contributed by atoms with van der Waals surface area (Å²) in [5, 5.41) is 19.9. The molecular formula is C12H14N4O2. The molecule has 0 saturated carbocycles. The Labute approximate surface area is 104 Å². The highest BCUT2D eigenvalue weighted by atomic mass is 16.3. The minimum Gasteiger partial charge on any atom is -0.508 e. The van der Waals surface area contributed by atoms with E-state index >= 15 is 0 Å². The van der Waals surface area contributed by atoms with Gasteiger partial charge >= 0.3 is 0 Å². The van der Waals surface area contributed by atoms with Crippen LogP contribution in [-0.2, 0) is 24.8 Å². The average Bonchev–Trinajstić information content (AvgIpc) is 2.75. The molecule has 94 valence electrons. The summed E-state index contributed by atoms with van der Waals surface area (Å²) in [6, 6.07) is 6.78. The van der Waals surface area contributed by atoms with Crippen LogP contribution in [0.2, 0.25) is 0 Å². The molecule has 0 aliphatic carbocycles. The Bertz CT molecular complexity index is 551. The first-order valence-electron chi connectivity index (χ1n) is 5.53. The van der Waals surface area contributed by atoms with Gasteiger partial charge in [0.2, 0.25) is 5.91 Å². The maximum absolute atomic E-state index is 11.7. The third kappa shape index (κ3) is 2.85. The number of rotatable bonds is 4. The van der Waals surface area contributed by atoms with Gasteiger partial charge in [0.1, 0.15) is 12.1 Å². The summed E-state index contributed by atoms with van der Waals surface area (Å²) in [4.78, 5) is 11.7. The van der Waals surface area contributed by atoms with Crippen LogP contribution >= 0.6 is 0 Å². The molecule has 0 saturated heterocycles. The van der Waals surface area contributed by atoms with E-state index in [2.05, 4.69) is 15.5 Å². The SMILES string of the molecule is Cn1cnnc1CNC(=O)Cc1ccccc1O. The highest BCUT2D eigenvalue weighted by molar-refractivity contribution is 5.79. The number of aryl methyl sites for hydroxylation is 1. The third-order valence-corrected chi connectivity index (χ3v) is 2.59. The lowest BCUT2D eigenvalue weighted by Gasteiger charge is -2.06. The van der Waals surface area contributed by atoms with Crippen molar-refractivity contribution < 1.29 is 9.90 Å². The summed E-state index contributed by atoms with van der Waals surface area (Å²) >= 11 is 0. The summed E-state index contributed by atoms with van der Waals surface area (Å²) in [5.41, 5.74) is 0.605. The monoisotopic (exact) mass is 246 g/mol. The smallest absolute Gasteiger partial charge is 0.224 e. The first-order valence-corrected chi connectivity index (χ1v) is 5.53. The Morgan fingerprint density at radius 2 is 2.22 bits per heavy atom. The number of para-hydroxylation sites is 1. The molecule has 18 heavy (non-hydrogen) atoms. The van der Waals surface area contributed by atoms with Gasteiger partial charge in [-0.2, -0.15) is 0 Å². The molecule has 0 spiro atoms. The van der Waals surface area contributed by atoms with Gasteiger partial charge in [0.05, 0.1) is 13.0 Å². The Kier molecular flexibility index (Phi) is 3.57. The standard InChI is InChI=1S/C12H14N4O2/c1-16-8-14-15-11(16)7-13-12(18)6-9-4-2-3-5-10(9)17/h2-5,8,17H,6-7H2,1H3,(H,13,18). The fraction of sp³-hybridized carbons (Fsp3) is 0.250. The number of nitrogens with one attached hydrogen (secondary N) is 1. The highest BCUT2D eigenvalue weighted by Crippen LogP contribution is 2.15. The van der Waals surface area contributed by atoms with Gasteiger partial charge in [-0.25, -0.2) is 0 Å². The number of carbonyl (C=O) groups excluding carboxylic acids is 1. The van der Waals surface area contributed by atoms with E-state index in [-0.39, 0.29) is 18.1 Å².